The molecular weight excluding hydrogens is 308 g/mol. The van der Waals surface area contributed by atoms with Crippen LogP contribution in [0.25, 0.3) is 0 Å². The molecule has 0 amide bonds. The van der Waals surface area contributed by atoms with Crippen LogP contribution in [-0.2, 0) is 20.0 Å². The second-order valence-corrected chi connectivity index (χ2v) is 5.69. The smallest absolute Gasteiger partial charge is 0.297 e. The van der Waals surface area contributed by atoms with E-state index in [-0.39, 0.29) is 11.7 Å². The van der Waals surface area contributed by atoms with E-state index in [1.54, 1.807) is 9.13 Å². The third-order valence-corrected chi connectivity index (χ3v) is 4.17. The molecule has 0 bridgehead atoms. The molecule has 2 rings (SSSR count). The topological polar surface area (TPSA) is 44.8 Å². The fourth-order valence-corrected chi connectivity index (χ4v) is 2.84. The fraction of sp³-hybridized carbons (Fsp3) is 0.538. The lowest BCUT2D eigenvalue weighted by Gasteiger charge is -2.06. The van der Waals surface area contributed by atoms with Gasteiger partial charge in [0.2, 0.25) is 0 Å². The molecule has 0 N–H and O–H groups in total. The summed E-state index contributed by atoms with van der Waals surface area (Å²) in [6.45, 7) is 6.60. The first kappa shape index (κ1) is 14.1. The van der Waals surface area contributed by atoms with Crippen molar-refractivity contribution in [2.75, 3.05) is 0 Å². The third-order valence-electron chi connectivity index (χ3n) is 3.25. The maximum absolute atomic E-state index is 12.2. The van der Waals surface area contributed by atoms with Crippen LogP contribution < -0.4 is 5.69 Å². The molecule has 0 fully saturated rings. The van der Waals surface area contributed by atoms with Gasteiger partial charge in [-0.1, -0.05) is 6.92 Å². The Bertz CT molecular complexity index is 636. The SMILES string of the molecule is CCc1nn(C)c(Cn2ccn(C(C)C)c2=O)c1Br. The van der Waals surface area contributed by atoms with Gasteiger partial charge in [-0.25, -0.2) is 4.79 Å². The predicted molar refractivity (Wildman–Crippen MR) is 78.5 cm³/mol. The van der Waals surface area contributed by atoms with Crippen LogP contribution in [0.2, 0.25) is 0 Å². The molecule has 0 spiro atoms. The van der Waals surface area contributed by atoms with Gasteiger partial charge < -0.3 is 0 Å². The highest BCUT2D eigenvalue weighted by molar-refractivity contribution is 9.10. The molecule has 2 aromatic heterocycles. The monoisotopic (exact) mass is 326 g/mol. The highest BCUT2D eigenvalue weighted by Crippen LogP contribution is 2.22. The van der Waals surface area contributed by atoms with E-state index in [4.69, 9.17) is 0 Å². The molecule has 0 aromatic carbocycles. The molecular formula is C13H19BrN4O. The van der Waals surface area contributed by atoms with Crippen molar-refractivity contribution >= 4 is 15.9 Å². The Labute approximate surface area is 121 Å². The summed E-state index contributed by atoms with van der Waals surface area (Å²) < 4.78 is 6.27. The summed E-state index contributed by atoms with van der Waals surface area (Å²) in [5, 5.41) is 4.44. The summed E-state index contributed by atoms with van der Waals surface area (Å²) in [5.74, 6) is 0. The van der Waals surface area contributed by atoms with Crippen LogP contribution in [0.1, 0.15) is 38.2 Å². The Hall–Kier alpha value is -1.30. The van der Waals surface area contributed by atoms with Crippen LogP contribution >= 0.6 is 15.9 Å². The molecule has 0 radical (unpaired) electrons. The number of nitrogens with zero attached hydrogens (tertiary/aromatic N) is 4. The van der Waals surface area contributed by atoms with Crippen LogP contribution in [-0.4, -0.2) is 18.9 Å². The molecule has 0 saturated heterocycles. The Kier molecular flexibility index (Phi) is 3.99. The molecule has 19 heavy (non-hydrogen) atoms. The Balaban J connectivity index is 2.37. The van der Waals surface area contributed by atoms with E-state index in [9.17, 15) is 4.79 Å². The number of rotatable bonds is 4. The number of hydrogen-bond acceptors (Lipinski definition) is 2. The molecule has 0 aliphatic carbocycles. The van der Waals surface area contributed by atoms with Crippen LogP contribution in [0.5, 0.6) is 0 Å². The van der Waals surface area contributed by atoms with Crippen molar-refractivity contribution in [2.45, 2.75) is 39.8 Å². The lowest BCUT2D eigenvalue weighted by Crippen LogP contribution is -2.26. The fourth-order valence-electron chi connectivity index (χ4n) is 2.09. The molecule has 5 nitrogen and oxygen atoms in total. The molecule has 6 heteroatoms. The molecule has 0 aliphatic rings. The van der Waals surface area contributed by atoms with E-state index >= 15 is 0 Å². The lowest BCUT2D eigenvalue weighted by atomic mass is 10.3. The number of aromatic nitrogens is 4. The van der Waals surface area contributed by atoms with E-state index in [0.29, 0.717) is 6.54 Å². The van der Waals surface area contributed by atoms with Gasteiger partial charge in [-0.2, -0.15) is 5.10 Å². The van der Waals surface area contributed by atoms with Crippen molar-refractivity contribution in [2.24, 2.45) is 7.05 Å². The number of aryl methyl sites for hydroxylation is 2. The summed E-state index contributed by atoms with van der Waals surface area (Å²) in [6.07, 6.45) is 4.53. The second-order valence-electron chi connectivity index (χ2n) is 4.89. The maximum Gasteiger partial charge on any atom is 0.328 e. The second kappa shape index (κ2) is 5.36. The Morgan fingerprint density at radius 2 is 2.05 bits per heavy atom. The van der Waals surface area contributed by atoms with Crippen molar-refractivity contribution in [1.29, 1.82) is 0 Å². The maximum atomic E-state index is 12.2. The van der Waals surface area contributed by atoms with Gasteiger partial charge in [0.25, 0.3) is 0 Å². The summed E-state index contributed by atoms with van der Waals surface area (Å²) in [7, 11) is 1.91. The Morgan fingerprint density at radius 3 is 2.53 bits per heavy atom. The first-order chi connectivity index (χ1) is 8.95. The standard InChI is InChI=1S/C13H19BrN4O/c1-5-10-12(14)11(16(4)15-10)8-17-6-7-18(9(2)3)13(17)19/h6-7,9H,5,8H2,1-4H3. The summed E-state index contributed by atoms with van der Waals surface area (Å²) in [5.41, 5.74) is 2.05. The first-order valence-corrected chi connectivity index (χ1v) is 7.22. The number of hydrogen-bond donors (Lipinski definition) is 0. The molecule has 0 aliphatic heterocycles. The summed E-state index contributed by atoms with van der Waals surface area (Å²) in [6, 6.07) is 0.176. The van der Waals surface area contributed by atoms with Crippen LogP contribution in [0.4, 0.5) is 0 Å². The quantitative estimate of drug-likeness (QED) is 0.865. The number of imidazole rings is 1. The van der Waals surface area contributed by atoms with Crippen molar-refractivity contribution in [3.63, 3.8) is 0 Å². The van der Waals surface area contributed by atoms with Gasteiger partial charge in [-0.3, -0.25) is 13.8 Å². The minimum atomic E-state index is 0.0150. The van der Waals surface area contributed by atoms with Gasteiger partial charge in [-0.05, 0) is 36.2 Å². The highest BCUT2D eigenvalue weighted by Gasteiger charge is 2.14. The van der Waals surface area contributed by atoms with Gasteiger partial charge in [-0.15, -0.1) is 0 Å². The van der Waals surface area contributed by atoms with Gasteiger partial charge in [0.05, 0.1) is 22.4 Å². The van der Waals surface area contributed by atoms with Gasteiger partial charge >= 0.3 is 5.69 Å². The van der Waals surface area contributed by atoms with E-state index in [0.717, 1.165) is 22.3 Å². The van der Waals surface area contributed by atoms with E-state index in [1.807, 2.05) is 38.0 Å². The van der Waals surface area contributed by atoms with Gasteiger partial charge in [0, 0.05) is 25.5 Å². The summed E-state index contributed by atoms with van der Waals surface area (Å²) >= 11 is 3.57. The number of halogens is 1. The largest absolute Gasteiger partial charge is 0.328 e. The van der Waals surface area contributed by atoms with E-state index in [1.165, 1.54) is 0 Å². The van der Waals surface area contributed by atoms with Gasteiger partial charge in [0.1, 0.15) is 0 Å². The van der Waals surface area contributed by atoms with Crippen LogP contribution in [0.15, 0.2) is 21.7 Å². The normalized spacial score (nSPS) is 11.5. The summed E-state index contributed by atoms with van der Waals surface area (Å²) in [4.78, 5) is 12.2. The first-order valence-electron chi connectivity index (χ1n) is 6.43. The van der Waals surface area contributed by atoms with Crippen molar-refractivity contribution in [1.82, 2.24) is 18.9 Å². The van der Waals surface area contributed by atoms with Crippen molar-refractivity contribution in [3.8, 4) is 0 Å². The molecule has 2 aromatic rings. The predicted octanol–water partition coefficient (Wildman–Crippen LogP) is 2.34. The highest BCUT2D eigenvalue weighted by atomic mass is 79.9. The Morgan fingerprint density at radius 1 is 1.37 bits per heavy atom. The minimum Gasteiger partial charge on any atom is -0.297 e. The van der Waals surface area contributed by atoms with Crippen LogP contribution in [0, 0.1) is 0 Å². The molecule has 0 atom stereocenters. The molecule has 2 heterocycles. The van der Waals surface area contributed by atoms with Gasteiger partial charge in [0.15, 0.2) is 0 Å². The van der Waals surface area contributed by atoms with E-state index in [2.05, 4.69) is 28.0 Å². The zero-order valence-corrected chi connectivity index (χ0v) is 13.3. The third kappa shape index (κ3) is 2.54. The average molecular weight is 327 g/mol. The lowest BCUT2D eigenvalue weighted by molar-refractivity contribution is 0.555. The molecule has 0 saturated carbocycles. The minimum absolute atomic E-state index is 0.0150. The van der Waals surface area contributed by atoms with Crippen molar-refractivity contribution < 1.29 is 0 Å². The van der Waals surface area contributed by atoms with E-state index < -0.39 is 0 Å². The zero-order chi connectivity index (χ0) is 14.2. The zero-order valence-electron chi connectivity index (χ0n) is 11.7. The molecule has 0 unspecified atom stereocenters. The van der Waals surface area contributed by atoms with Crippen LogP contribution in [0.3, 0.4) is 0 Å². The molecule has 104 valence electrons. The van der Waals surface area contributed by atoms with Crippen molar-refractivity contribution in [3.05, 3.63) is 38.7 Å². The average Bonchev–Trinajstić information content (AvgIpc) is 2.85.